The first-order chi connectivity index (χ1) is 13.2. The van der Waals surface area contributed by atoms with Crippen molar-refractivity contribution in [2.75, 3.05) is 6.61 Å². The number of rotatable bonds is 4. The van der Waals surface area contributed by atoms with Crippen LogP contribution in [-0.4, -0.2) is 12.5 Å². The van der Waals surface area contributed by atoms with E-state index in [0.29, 0.717) is 11.6 Å². The smallest absolute Gasteiger partial charge is 0.232 e. The molecule has 0 bridgehead atoms. The Hall–Kier alpha value is -2.78. The van der Waals surface area contributed by atoms with Crippen LogP contribution in [0.2, 0.25) is 5.02 Å². The van der Waals surface area contributed by atoms with Gasteiger partial charge in [0.1, 0.15) is 5.75 Å². The number of hydrogen-bond donors (Lipinski definition) is 1. The maximum Gasteiger partial charge on any atom is 0.232 e. The summed E-state index contributed by atoms with van der Waals surface area (Å²) in [6.07, 6.45) is 0.718. The molecule has 0 radical (unpaired) electrons. The van der Waals surface area contributed by atoms with Crippen molar-refractivity contribution in [3.05, 3.63) is 101 Å². The van der Waals surface area contributed by atoms with Crippen molar-refractivity contribution in [1.29, 1.82) is 0 Å². The minimum atomic E-state index is -0.363. The van der Waals surface area contributed by atoms with Crippen LogP contribution >= 0.6 is 11.6 Å². The molecule has 1 N–H and O–H groups in total. The van der Waals surface area contributed by atoms with E-state index in [-0.39, 0.29) is 17.9 Å². The summed E-state index contributed by atoms with van der Waals surface area (Å²) in [6.45, 7) is 0.570. The second-order valence-corrected chi connectivity index (χ2v) is 7.07. The third-order valence-corrected chi connectivity index (χ3v) is 5.09. The molecule has 0 aliphatic carbocycles. The van der Waals surface area contributed by atoms with E-state index in [1.165, 1.54) is 0 Å². The van der Waals surface area contributed by atoms with Crippen LogP contribution in [0, 0.1) is 0 Å². The number of carbonyl (C=O) groups is 1. The van der Waals surface area contributed by atoms with E-state index in [4.69, 9.17) is 16.3 Å². The summed E-state index contributed by atoms with van der Waals surface area (Å²) in [5.74, 6) is 0.398. The van der Waals surface area contributed by atoms with Gasteiger partial charge in [0.25, 0.3) is 0 Å². The molecule has 1 aliphatic heterocycles. The van der Waals surface area contributed by atoms with E-state index in [1.807, 2.05) is 72.8 Å². The zero-order valence-corrected chi connectivity index (χ0v) is 15.5. The molecule has 0 fully saturated rings. The van der Waals surface area contributed by atoms with E-state index in [9.17, 15) is 4.79 Å². The lowest BCUT2D eigenvalue weighted by molar-refractivity contribution is -0.122. The summed E-state index contributed by atoms with van der Waals surface area (Å²) < 4.78 is 5.71. The molecule has 27 heavy (non-hydrogen) atoms. The molecule has 1 atom stereocenters. The van der Waals surface area contributed by atoms with Crippen LogP contribution in [0.15, 0.2) is 78.9 Å². The lowest BCUT2D eigenvalue weighted by atomic mass is 9.89. The normalized spacial score (nSPS) is 15.7. The maximum atomic E-state index is 13.3. The van der Waals surface area contributed by atoms with Crippen LogP contribution in [0.4, 0.5) is 0 Å². The van der Waals surface area contributed by atoms with Crippen molar-refractivity contribution in [1.82, 2.24) is 5.32 Å². The van der Waals surface area contributed by atoms with Crippen LogP contribution in [0.5, 0.6) is 5.75 Å². The number of benzene rings is 3. The van der Waals surface area contributed by atoms with E-state index in [0.717, 1.165) is 28.9 Å². The van der Waals surface area contributed by atoms with Gasteiger partial charge in [0.15, 0.2) is 0 Å². The van der Waals surface area contributed by atoms with Gasteiger partial charge < -0.3 is 10.1 Å². The second-order valence-electron chi connectivity index (χ2n) is 6.63. The average molecular weight is 378 g/mol. The third kappa shape index (κ3) is 3.83. The molecule has 4 heteroatoms. The Morgan fingerprint density at radius 2 is 1.59 bits per heavy atom. The lowest BCUT2D eigenvalue weighted by Gasteiger charge is -2.28. The van der Waals surface area contributed by atoms with Gasteiger partial charge in [-0.3, -0.25) is 4.79 Å². The molecule has 1 heterocycles. The van der Waals surface area contributed by atoms with Gasteiger partial charge in [-0.05, 0) is 29.3 Å². The first-order valence-electron chi connectivity index (χ1n) is 9.05. The predicted molar refractivity (Wildman–Crippen MR) is 107 cm³/mol. The molecule has 0 saturated heterocycles. The average Bonchev–Trinajstić information content (AvgIpc) is 2.70. The Bertz CT molecular complexity index is 888. The maximum absolute atomic E-state index is 13.3. The SMILES string of the molecule is O=C(NC1CCOc2ccc(Cl)cc21)C(c1ccccc1)c1ccccc1. The van der Waals surface area contributed by atoms with Crippen molar-refractivity contribution in [3.8, 4) is 5.75 Å². The van der Waals surface area contributed by atoms with Gasteiger partial charge in [-0.2, -0.15) is 0 Å². The summed E-state index contributed by atoms with van der Waals surface area (Å²) in [5, 5.41) is 3.86. The molecule has 0 aromatic heterocycles. The minimum absolute atomic E-state index is 0.0229. The van der Waals surface area contributed by atoms with Gasteiger partial charge in [-0.1, -0.05) is 72.3 Å². The quantitative estimate of drug-likeness (QED) is 0.686. The summed E-state index contributed by atoms with van der Waals surface area (Å²) in [4.78, 5) is 13.3. The fraction of sp³-hybridized carbons (Fsp3) is 0.174. The van der Waals surface area contributed by atoms with E-state index < -0.39 is 0 Å². The Kier molecular flexibility index (Phi) is 5.12. The van der Waals surface area contributed by atoms with E-state index in [2.05, 4.69) is 5.32 Å². The third-order valence-electron chi connectivity index (χ3n) is 4.86. The van der Waals surface area contributed by atoms with Gasteiger partial charge in [0, 0.05) is 17.0 Å². The number of amides is 1. The molecular weight excluding hydrogens is 358 g/mol. The monoisotopic (exact) mass is 377 g/mol. The standard InChI is InChI=1S/C23H20ClNO2/c24-18-11-12-21-19(15-18)20(13-14-27-21)25-23(26)22(16-7-3-1-4-8-16)17-9-5-2-6-10-17/h1-12,15,20,22H,13-14H2,(H,25,26). The molecule has 3 aromatic rings. The molecule has 3 aromatic carbocycles. The van der Waals surface area contributed by atoms with Gasteiger partial charge in [-0.15, -0.1) is 0 Å². The van der Waals surface area contributed by atoms with E-state index >= 15 is 0 Å². The van der Waals surface area contributed by atoms with Gasteiger partial charge in [0.2, 0.25) is 5.91 Å². The van der Waals surface area contributed by atoms with Crippen LogP contribution in [-0.2, 0) is 4.79 Å². The highest BCUT2D eigenvalue weighted by Gasteiger charge is 2.28. The van der Waals surface area contributed by atoms with Crippen molar-refractivity contribution < 1.29 is 9.53 Å². The Morgan fingerprint density at radius 3 is 2.22 bits per heavy atom. The number of carbonyl (C=O) groups excluding carboxylic acids is 1. The highest BCUT2D eigenvalue weighted by Crippen LogP contribution is 2.35. The highest BCUT2D eigenvalue weighted by molar-refractivity contribution is 6.30. The van der Waals surface area contributed by atoms with Crippen molar-refractivity contribution in [3.63, 3.8) is 0 Å². The van der Waals surface area contributed by atoms with Gasteiger partial charge >= 0.3 is 0 Å². The molecule has 1 unspecified atom stereocenters. The van der Waals surface area contributed by atoms with Crippen molar-refractivity contribution >= 4 is 17.5 Å². The molecule has 1 amide bonds. The molecule has 0 saturated carbocycles. The van der Waals surface area contributed by atoms with Crippen molar-refractivity contribution in [2.24, 2.45) is 0 Å². The molecule has 1 aliphatic rings. The number of ether oxygens (including phenoxy) is 1. The number of fused-ring (bicyclic) bond motifs is 1. The molecular formula is C23H20ClNO2. The lowest BCUT2D eigenvalue weighted by Crippen LogP contribution is -2.36. The van der Waals surface area contributed by atoms with Crippen LogP contribution in [0.1, 0.15) is 35.1 Å². The first kappa shape index (κ1) is 17.6. The molecule has 4 rings (SSSR count). The predicted octanol–water partition coefficient (Wildman–Crippen LogP) is 5.11. The summed E-state index contributed by atoms with van der Waals surface area (Å²) in [7, 11) is 0. The minimum Gasteiger partial charge on any atom is -0.493 e. The fourth-order valence-corrected chi connectivity index (χ4v) is 3.74. The largest absolute Gasteiger partial charge is 0.493 e. The Morgan fingerprint density at radius 1 is 0.963 bits per heavy atom. The van der Waals surface area contributed by atoms with Gasteiger partial charge in [-0.25, -0.2) is 0 Å². The number of nitrogens with one attached hydrogen (secondary N) is 1. The summed E-state index contributed by atoms with van der Waals surface area (Å²) in [6, 6.07) is 25.2. The van der Waals surface area contributed by atoms with Crippen LogP contribution in [0.25, 0.3) is 0 Å². The first-order valence-corrected chi connectivity index (χ1v) is 9.42. The summed E-state index contributed by atoms with van der Waals surface area (Å²) >= 11 is 6.16. The zero-order chi connectivity index (χ0) is 18.6. The number of halogens is 1. The van der Waals surface area contributed by atoms with E-state index in [1.54, 1.807) is 6.07 Å². The molecule has 3 nitrogen and oxygen atoms in total. The highest BCUT2D eigenvalue weighted by atomic mass is 35.5. The van der Waals surface area contributed by atoms with Crippen molar-refractivity contribution in [2.45, 2.75) is 18.4 Å². The second kappa shape index (κ2) is 7.85. The van der Waals surface area contributed by atoms with Crippen LogP contribution in [0.3, 0.4) is 0 Å². The topological polar surface area (TPSA) is 38.3 Å². The van der Waals surface area contributed by atoms with Crippen LogP contribution < -0.4 is 10.1 Å². The fourth-order valence-electron chi connectivity index (χ4n) is 3.56. The summed E-state index contributed by atoms with van der Waals surface area (Å²) in [5.41, 5.74) is 2.88. The Labute approximate surface area is 163 Å². The zero-order valence-electron chi connectivity index (χ0n) is 14.8. The molecule has 0 spiro atoms. The Balaban J connectivity index is 1.65. The number of hydrogen-bond acceptors (Lipinski definition) is 2. The molecule has 136 valence electrons. The van der Waals surface area contributed by atoms with Gasteiger partial charge in [0.05, 0.1) is 18.6 Å².